The number of amides is 2. The van der Waals surface area contributed by atoms with Crippen LogP contribution < -0.4 is 15.6 Å². The van der Waals surface area contributed by atoms with Gasteiger partial charge in [0, 0.05) is 22.1 Å². The van der Waals surface area contributed by atoms with E-state index in [1.54, 1.807) is 6.20 Å². The lowest BCUT2D eigenvalue weighted by molar-refractivity contribution is -0.128. The van der Waals surface area contributed by atoms with Crippen molar-refractivity contribution in [1.29, 1.82) is 0 Å². The molecule has 42 heavy (non-hydrogen) atoms. The van der Waals surface area contributed by atoms with E-state index >= 15 is 0 Å². The highest BCUT2D eigenvalue weighted by atomic mass is 35.5. The van der Waals surface area contributed by atoms with Crippen LogP contribution in [0.2, 0.25) is 5.02 Å². The van der Waals surface area contributed by atoms with Crippen LogP contribution in [0.15, 0.2) is 89.0 Å². The first kappa shape index (κ1) is 29.3. The Labute approximate surface area is 250 Å². The lowest BCUT2D eigenvalue weighted by Crippen LogP contribution is -2.53. The Morgan fingerprint density at radius 3 is 2.55 bits per heavy atom. The van der Waals surface area contributed by atoms with Crippen molar-refractivity contribution < 1.29 is 18.0 Å². The molecular formula is C27H25ClN8O4S2. The molecule has 0 aliphatic heterocycles. The van der Waals surface area contributed by atoms with E-state index < -0.39 is 27.9 Å². The van der Waals surface area contributed by atoms with Gasteiger partial charge in [0.2, 0.25) is 21.1 Å². The number of nitrogens with one attached hydrogen (secondary N) is 4. The molecule has 3 aromatic carbocycles. The summed E-state index contributed by atoms with van der Waals surface area (Å²) in [5.41, 5.74) is 7.97. The highest BCUT2D eigenvalue weighted by molar-refractivity contribution is 7.99. The Balaban J connectivity index is 1.27. The number of sulfonamides is 1. The van der Waals surface area contributed by atoms with Crippen molar-refractivity contribution in [2.75, 3.05) is 5.75 Å². The SMILES string of the molecule is Cc1ccccc1-n1nnnc1SCC(=O)NNC(=O)C(Cc1c[nH]c2ccccc12)NS(=O)(=O)c1ccc(Cl)cc1. The molecule has 0 aliphatic carbocycles. The van der Waals surface area contributed by atoms with Crippen molar-refractivity contribution in [2.24, 2.45) is 0 Å². The molecule has 0 bridgehead atoms. The van der Waals surface area contributed by atoms with E-state index in [2.05, 4.69) is 36.1 Å². The number of hydrogen-bond acceptors (Lipinski definition) is 8. The summed E-state index contributed by atoms with van der Waals surface area (Å²) in [6.45, 7) is 1.92. The van der Waals surface area contributed by atoms with Crippen LogP contribution in [-0.2, 0) is 26.0 Å². The van der Waals surface area contributed by atoms with Crippen molar-refractivity contribution in [2.45, 2.75) is 29.4 Å². The maximum absolute atomic E-state index is 13.3. The maximum Gasteiger partial charge on any atom is 0.256 e. The number of fused-ring (bicyclic) bond motifs is 1. The third-order valence-electron chi connectivity index (χ3n) is 6.28. The first-order chi connectivity index (χ1) is 20.2. The fourth-order valence-electron chi connectivity index (χ4n) is 4.18. The van der Waals surface area contributed by atoms with Crippen molar-refractivity contribution in [3.8, 4) is 5.69 Å². The van der Waals surface area contributed by atoms with E-state index in [-0.39, 0.29) is 17.1 Å². The Kier molecular flexibility index (Phi) is 8.87. The van der Waals surface area contributed by atoms with Gasteiger partial charge in [-0.2, -0.15) is 9.40 Å². The molecule has 0 radical (unpaired) electrons. The highest BCUT2D eigenvalue weighted by Crippen LogP contribution is 2.22. The number of hydrogen-bond donors (Lipinski definition) is 4. The van der Waals surface area contributed by atoms with Crippen LogP contribution in [0.4, 0.5) is 0 Å². The molecule has 1 unspecified atom stereocenters. The van der Waals surface area contributed by atoms with Gasteiger partial charge in [-0.15, -0.1) is 5.10 Å². The Morgan fingerprint density at radius 2 is 1.76 bits per heavy atom. The molecule has 1 atom stereocenters. The van der Waals surface area contributed by atoms with Crippen LogP contribution in [-0.4, -0.2) is 57.2 Å². The summed E-state index contributed by atoms with van der Waals surface area (Å²) in [7, 11) is -4.11. The third kappa shape index (κ3) is 6.79. The molecule has 2 heterocycles. The zero-order valence-corrected chi connectivity index (χ0v) is 24.5. The number of H-pyrrole nitrogens is 1. The summed E-state index contributed by atoms with van der Waals surface area (Å²) in [5, 5.41) is 13.3. The normalized spacial score (nSPS) is 12.2. The number of aryl methyl sites for hydroxylation is 1. The van der Waals surface area contributed by atoms with Gasteiger partial charge < -0.3 is 4.98 Å². The van der Waals surface area contributed by atoms with Gasteiger partial charge in [0.05, 0.1) is 16.3 Å². The first-order valence-corrected chi connectivity index (χ1v) is 15.4. The molecule has 4 N–H and O–H groups in total. The summed E-state index contributed by atoms with van der Waals surface area (Å²) in [6.07, 6.45) is 1.73. The molecular weight excluding hydrogens is 600 g/mol. The number of rotatable bonds is 10. The van der Waals surface area contributed by atoms with Gasteiger partial charge in [-0.25, -0.2) is 8.42 Å². The monoisotopic (exact) mass is 624 g/mol. The second-order valence-electron chi connectivity index (χ2n) is 9.18. The highest BCUT2D eigenvalue weighted by Gasteiger charge is 2.27. The number of carbonyl (C=O) groups is 2. The van der Waals surface area contributed by atoms with Gasteiger partial charge >= 0.3 is 0 Å². The van der Waals surface area contributed by atoms with E-state index in [9.17, 15) is 18.0 Å². The topological polar surface area (TPSA) is 164 Å². The van der Waals surface area contributed by atoms with Crippen molar-refractivity contribution in [3.63, 3.8) is 0 Å². The fourth-order valence-corrected chi connectivity index (χ4v) is 6.19. The van der Waals surface area contributed by atoms with E-state index in [1.807, 2.05) is 55.5 Å². The Morgan fingerprint density at radius 1 is 1.02 bits per heavy atom. The molecule has 5 rings (SSSR count). The molecule has 216 valence electrons. The molecule has 12 nitrogen and oxygen atoms in total. The zero-order valence-electron chi connectivity index (χ0n) is 22.1. The van der Waals surface area contributed by atoms with Gasteiger partial charge in [-0.05, 0) is 71.3 Å². The molecule has 5 aromatic rings. The maximum atomic E-state index is 13.3. The molecule has 0 fully saturated rings. The second kappa shape index (κ2) is 12.7. The number of hydrazine groups is 1. The minimum atomic E-state index is -4.11. The summed E-state index contributed by atoms with van der Waals surface area (Å²) >= 11 is 6.98. The summed E-state index contributed by atoms with van der Waals surface area (Å²) in [5.74, 6) is -1.41. The number of benzene rings is 3. The molecule has 2 amide bonds. The summed E-state index contributed by atoms with van der Waals surface area (Å²) < 4.78 is 30.3. The molecule has 0 saturated carbocycles. The van der Waals surface area contributed by atoms with Gasteiger partial charge in [-0.1, -0.05) is 59.8 Å². The van der Waals surface area contributed by atoms with Crippen LogP contribution in [0.1, 0.15) is 11.1 Å². The lowest BCUT2D eigenvalue weighted by Gasteiger charge is -2.19. The molecule has 0 spiro atoms. The van der Waals surface area contributed by atoms with Crippen molar-refractivity contribution >= 4 is 56.1 Å². The van der Waals surface area contributed by atoms with E-state index in [0.29, 0.717) is 10.2 Å². The number of nitrogens with zero attached hydrogens (tertiary/aromatic N) is 4. The van der Waals surface area contributed by atoms with E-state index in [4.69, 9.17) is 11.6 Å². The van der Waals surface area contributed by atoms with Crippen LogP contribution in [0.5, 0.6) is 0 Å². The van der Waals surface area contributed by atoms with Crippen LogP contribution >= 0.6 is 23.4 Å². The van der Waals surface area contributed by atoms with Gasteiger partial charge in [0.25, 0.3) is 5.91 Å². The average Bonchev–Trinajstić information content (AvgIpc) is 3.62. The smallest absolute Gasteiger partial charge is 0.256 e. The average molecular weight is 625 g/mol. The van der Waals surface area contributed by atoms with E-state index in [0.717, 1.165) is 39.5 Å². The number of carbonyl (C=O) groups excluding carboxylic acids is 2. The number of halogens is 1. The second-order valence-corrected chi connectivity index (χ2v) is 12.3. The quantitative estimate of drug-likeness (QED) is 0.136. The third-order valence-corrected chi connectivity index (χ3v) is 8.94. The van der Waals surface area contributed by atoms with Crippen molar-refractivity contribution in [1.82, 2.24) is 40.8 Å². The number of aromatic nitrogens is 5. The summed E-state index contributed by atoms with van der Waals surface area (Å²) in [4.78, 5) is 28.9. The van der Waals surface area contributed by atoms with Crippen LogP contribution in [0.3, 0.4) is 0 Å². The van der Waals surface area contributed by atoms with Crippen LogP contribution in [0.25, 0.3) is 16.6 Å². The van der Waals surface area contributed by atoms with Crippen molar-refractivity contribution in [3.05, 3.63) is 95.1 Å². The minimum absolute atomic E-state index is 0.0124. The largest absolute Gasteiger partial charge is 0.361 e. The van der Waals surface area contributed by atoms with Gasteiger partial charge in [0.1, 0.15) is 6.04 Å². The lowest BCUT2D eigenvalue weighted by atomic mass is 10.1. The van der Waals surface area contributed by atoms with Gasteiger partial charge in [-0.3, -0.25) is 20.4 Å². The van der Waals surface area contributed by atoms with Crippen LogP contribution in [0, 0.1) is 6.92 Å². The predicted molar refractivity (Wildman–Crippen MR) is 158 cm³/mol. The fraction of sp³-hybridized carbons (Fsp3) is 0.148. The molecule has 0 aliphatic rings. The first-order valence-electron chi connectivity index (χ1n) is 12.6. The standard InChI is InChI=1S/C27H25ClN8O4S2/c1-17-6-2-5-9-24(17)36-27(32-34-35-36)41-16-25(37)30-31-26(38)23(14-18-15-29-22-8-4-3-7-21(18)22)33-42(39,40)20-12-10-19(28)11-13-20/h2-13,15,23,29,33H,14,16H2,1H3,(H,30,37)(H,31,38). The van der Waals surface area contributed by atoms with Gasteiger partial charge in [0.15, 0.2) is 0 Å². The molecule has 15 heteroatoms. The Hall–Kier alpha value is -4.24. The number of tetrazole rings is 1. The number of aromatic amines is 1. The molecule has 2 aromatic heterocycles. The minimum Gasteiger partial charge on any atom is -0.361 e. The predicted octanol–water partition coefficient (Wildman–Crippen LogP) is 2.93. The van der Waals surface area contributed by atoms with E-state index in [1.165, 1.54) is 28.9 Å². The number of thioether (sulfide) groups is 1. The zero-order chi connectivity index (χ0) is 29.7. The molecule has 0 saturated heterocycles. The number of para-hydroxylation sites is 2. The summed E-state index contributed by atoms with van der Waals surface area (Å²) in [6, 6.07) is 19.3. The Bertz CT molecular complexity index is 1840.